The molecule has 3 atom stereocenters. The third-order valence-electron chi connectivity index (χ3n) is 3.13. The van der Waals surface area contributed by atoms with E-state index in [1.807, 2.05) is 0 Å². The maximum absolute atomic E-state index is 13.2. The summed E-state index contributed by atoms with van der Waals surface area (Å²) < 4.78 is 216. The van der Waals surface area contributed by atoms with Crippen molar-refractivity contribution in [1.29, 1.82) is 0 Å². The Balaban J connectivity index is 6.32. The van der Waals surface area contributed by atoms with Gasteiger partial charge in [-0.3, -0.25) is 0 Å². The second-order valence-corrected chi connectivity index (χ2v) is 5.52. The van der Waals surface area contributed by atoms with E-state index < -0.39 is 59.9 Å². The zero-order chi connectivity index (χ0) is 23.3. The fourth-order valence-corrected chi connectivity index (χ4v) is 1.57. The van der Waals surface area contributed by atoms with Gasteiger partial charge in [0, 0.05) is 0 Å². The summed E-state index contributed by atoms with van der Waals surface area (Å²) in [6, 6.07) is 0. The lowest BCUT2D eigenvalue weighted by molar-refractivity contribution is -0.423. The first-order chi connectivity index (χ1) is 11.9. The predicted octanol–water partition coefficient (Wildman–Crippen LogP) is 6.27. The molecule has 0 nitrogen and oxygen atoms in total. The minimum absolute atomic E-state index is 3.37. The van der Waals surface area contributed by atoms with Crippen molar-refractivity contribution in [1.82, 2.24) is 0 Å². The van der Waals surface area contributed by atoms with Gasteiger partial charge in [-0.25, -0.2) is 22.0 Å². The van der Waals surface area contributed by atoms with Gasteiger partial charge in [0.25, 0.3) is 6.43 Å². The Morgan fingerprint density at radius 3 is 1.07 bits per heavy atom. The summed E-state index contributed by atoms with van der Waals surface area (Å²) in [7, 11) is 0. The Hall–Kier alpha value is -0.900. The molecule has 170 valence electrons. The molecule has 18 heteroatoms. The molecule has 0 saturated carbocycles. The van der Waals surface area contributed by atoms with Crippen molar-refractivity contribution in [2.75, 3.05) is 0 Å². The lowest BCUT2D eigenvalue weighted by atomic mass is 9.90. The smallest absolute Gasteiger partial charge is 0.241 e. The molecule has 0 aliphatic carbocycles. The third-order valence-corrected chi connectivity index (χ3v) is 3.37. The third kappa shape index (κ3) is 3.78. The summed E-state index contributed by atoms with van der Waals surface area (Å²) in [5.41, 5.74) is 0. The molecule has 0 saturated heterocycles. The first kappa shape index (κ1) is 27.1. The van der Waals surface area contributed by atoms with Crippen LogP contribution in [0, 0.1) is 0 Å². The van der Waals surface area contributed by atoms with Crippen molar-refractivity contribution in [3.05, 3.63) is 0 Å². The second-order valence-electron chi connectivity index (χ2n) is 5.04. The van der Waals surface area contributed by atoms with Crippen LogP contribution in [0.2, 0.25) is 0 Å². The highest BCUT2D eigenvalue weighted by Crippen LogP contribution is 2.61. The largest absolute Gasteiger partial charge is 0.393 e. The van der Waals surface area contributed by atoms with Crippen LogP contribution in [0.1, 0.15) is 0 Å². The minimum atomic E-state index is -8.29. The average Bonchev–Trinajstić information content (AvgIpc) is 2.50. The van der Waals surface area contributed by atoms with E-state index in [4.69, 9.17) is 0 Å². The summed E-state index contributed by atoms with van der Waals surface area (Å²) in [6.45, 7) is 0. The van der Waals surface area contributed by atoms with Crippen molar-refractivity contribution in [3.8, 4) is 0 Å². The molecule has 3 unspecified atom stereocenters. The van der Waals surface area contributed by atoms with Gasteiger partial charge >= 0.3 is 35.0 Å². The normalized spacial score (nSPS) is 19.0. The highest BCUT2D eigenvalue weighted by Gasteiger charge is 2.91. The zero-order valence-electron chi connectivity index (χ0n) is 12.1. The van der Waals surface area contributed by atoms with Gasteiger partial charge in [-0.05, 0) is 11.6 Å². The fraction of sp³-hybridized carbons (Fsp3) is 1.00. The van der Waals surface area contributed by atoms with Crippen molar-refractivity contribution < 1.29 is 74.6 Å². The van der Waals surface area contributed by atoms with Gasteiger partial charge in [0.05, 0.1) is 0 Å². The maximum atomic E-state index is 13.2. The van der Waals surface area contributed by atoms with Crippen LogP contribution in [0.3, 0.4) is 0 Å². The van der Waals surface area contributed by atoms with Crippen LogP contribution < -0.4 is 0 Å². The van der Waals surface area contributed by atoms with E-state index in [-0.39, 0.29) is 0 Å². The van der Waals surface area contributed by atoms with E-state index in [0.717, 1.165) is 0 Å². The lowest BCUT2D eigenvalue weighted by Crippen LogP contribution is -2.72. The molecular weight excluding hydrogens is 479 g/mol. The first-order valence-electron chi connectivity index (χ1n) is 6.09. The van der Waals surface area contributed by atoms with Crippen LogP contribution in [0.15, 0.2) is 0 Å². The molecule has 0 aromatic carbocycles. The van der Waals surface area contributed by atoms with Crippen molar-refractivity contribution >= 4 is 11.6 Å². The minimum Gasteiger partial charge on any atom is -0.241 e. The summed E-state index contributed by atoms with van der Waals surface area (Å²) in [6.07, 6.45) is -20.1. The van der Waals surface area contributed by atoms with Crippen LogP contribution in [0.25, 0.3) is 0 Å². The topological polar surface area (TPSA) is 0 Å². The molecule has 0 aliphatic heterocycles. The number of halogens is 18. The lowest BCUT2D eigenvalue weighted by Gasteiger charge is -2.41. The molecular formula is C10H4ClF17. The van der Waals surface area contributed by atoms with E-state index in [2.05, 4.69) is 11.6 Å². The Bertz CT molecular complexity index is 537. The van der Waals surface area contributed by atoms with Crippen LogP contribution in [0.5, 0.6) is 0 Å². The Morgan fingerprint density at radius 1 is 0.464 bits per heavy atom. The predicted molar refractivity (Wildman–Crippen MR) is 56.2 cm³/mol. The second kappa shape index (κ2) is 7.41. The number of hydrogen-bond acceptors (Lipinski definition) is 0. The quantitative estimate of drug-likeness (QED) is 0.268. The van der Waals surface area contributed by atoms with Gasteiger partial charge < -0.3 is 0 Å². The summed E-state index contributed by atoms with van der Waals surface area (Å²) >= 11 is 3.37. The molecule has 0 rings (SSSR count). The SMILES string of the molecule is FC(F)C(F)C(F)C(F)C(F)(F)C(F)(F)C(F)(F)C(F)(F)C(F)(F)C(F)(F)Cl. The van der Waals surface area contributed by atoms with Gasteiger partial charge in [0.15, 0.2) is 12.3 Å². The molecule has 0 fully saturated rings. The van der Waals surface area contributed by atoms with Gasteiger partial charge in [-0.1, -0.05) is 0 Å². The van der Waals surface area contributed by atoms with Gasteiger partial charge in [0.2, 0.25) is 6.17 Å². The molecule has 0 spiro atoms. The number of alkyl halides is 18. The molecule has 0 N–H and O–H groups in total. The summed E-state index contributed by atoms with van der Waals surface area (Å²) in [5.74, 6) is -39.8. The van der Waals surface area contributed by atoms with Gasteiger partial charge in [0.1, 0.15) is 0 Å². The van der Waals surface area contributed by atoms with Crippen molar-refractivity contribution in [3.63, 3.8) is 0 Å². The van der Waals surface area contributed by atoms with Crippen molar-refractivity contribution in [2.45, 2.75) is 59.9 Å². The standard InChI is InChI=1S/C10H4ClF17/c11-10(27,28)9(25,26)8(23,24)7(21,22)6(19,20)5(17,18)3(14)1(12)2(13)4(15)16/h1-4H. The summed E-state index contributed by atoms with van der Waals surface area (Å²) in [5, 5.41) is -6.75. The van der Waals surface area contributed by atoms with E-state index in [1.54, 1.807) is 0 Å². The Morgan fingerprint density at radius 2 is 0.786 bits per heavy atom. The van der Waals surface area contributed by atoms with E-state index in [1.165, 1.54) is 0 Å². The van der Waals surface area contributed by atoms with Crippen LogP contribution in [0.4, 0.5) is 74.6 Å². The van der Waals surface area contributed by atoms with Gasteiger partial charge in [-0.2, -0.15) is 52.7 Å². The maximum Gasteiger partial charge on any atom is 0.393 e. The van der Waals surface area contributed by atoms with E-state index in [9.17, 15) is 74.6 Å². The van der Waals surface area contributed by atoms with Crippen LogP contribution >= 0.6 is 11.6 Å². The first-order valence-corrected chi connectivity index (χ1v) is 6.46. The van der Waals surface area contributed by atoms with E-state index >= 15 is 0 Å². The number of rotatable bonds is 9. The zero-order valence-corrected chi connectivity index (χ0v) is 12.9. The molecule has 0 amide bonds. The monoisotopic (exact) mass is 482 g/mol. The fourth-order valence-electron chi connectivity index (χ4n) is 1.46. The van der Waals surface area contributed by atoms with Crippen LogP contribution in [-0.4, -0.2) is 59.9 Å². The van der Waals surface area contributed by atoms with Crippen LogP contribution in [-0.2, 0) is 0 Å². The molecule has 28 heavy (non-hydrogen) atoms. The van der Waals surface area contributed by atoms with Crippen molar-refractivity contribution in [2.24, 2.45) is 0 Å². The highest BCUT2D eigenvalue weighted by molar-refractivity contribution is 6.22. The van der Waals surface area contributed by atoms with E-state index in [0.29, 0.717) is 0 Å². The molecule has 0 aliphatic rings. The molecule has 0 bridgehead atoms. The molecule has 0 radical (unpaired) electrons. The Kier molecular flexibility index (Phi) is 7.17. The van der Waals surface area contributed by atoms with Gasteiger partial charge in [-0.15, -0.1) is 0 Å². The average molecular weight is 483 g/mol. The Labute approximate surface area is 147 Å². The number of hydrogen-bond donors (Lipinski definition) is 0. The molecule has 0 aromatic rings. The molecule has 0 aromatic heterocycles. The highest BCUT2D eigenvalue weighted by atomic mass is 35.5. The molecule has 0 heterocycles. The summed E-state index contributed by atoms with van der Waals surface area (Å²) in [4.78, 5) is 0.